The Balaban J connectivity index is 1.30. The molecule has 35 heavy (non-hydrogen) atoms. The van der Waals surface area contributed by atoms with Gasteiger partial charge in [-0.05, 0) is 86.7 Å². The first-order chi connectivity index (χ1) is 16.8. The Kier molecular flexibility index (Phi) is 7.07. The van der Waals surface area contributed by atoms with Gasteiger partial charge in [0.25, 0.3) is 5.92 Å². The van der Waals surface area contributed by atoms with E-state index in [0.717, 1.165) is 49.3 Å². The van der Waals surface area contributed by atoms with E-state index in [-0.39, 0.29) is 11.0 Å². The molecule has 0 saturated heterocycles. The highest BCUT2D eigenvalue weighted by atomic mass is 19.3. The average Bonchev–Trinajstić information content (AvgIpc) is 3.30. The fourth-order valence-corrected chi connectivity index (χ4v) is 8.05. The second-order valence-corrected chi connectivity index (χ2v) is 12.1. The molecule has 1 aromatic heterocycles. The van der Waals surface area contributed by atoms with Gasteiger partial charge in [-0.15, -0.1) is 0 Å². The number of pyridine rings is 1. The first kappa shape index (κ1) is 24.9. The van der Waals surface area contributed by atoms with Gasteiger partial charge in [0, 0.05) is 43.9 Å². The van der Waals surface area contributed by atoms with Crippen LogP contribution in [0.15, 0.2) is 24.4 Å². The van der Waals surface area contributed by atoms with Gasteiger partial charge in [0.1, 0.15) is 0 Å². The number of amides is 1. The number of carbonyl (C=O) groups excluding carboxylic acids is 1. The molecule has 2 saturated carbocycles. The largest absolute Gasteiger partial charge is 0.337 e. The first-order valence-corrected chi connectivity index (χ1v) is 14.1. The lowest BCUT2D eigenvalue weighted by atomic mass is 9.76. The van der Waals surface area contributed by atoms with E-state index in [4.69, 9.17) is 0 Å². The van der Waals surface area contributed by atoms with Gasteiger partial charge in [-0.2, -0.15) is 0 Å². The summed E-state index contributed by atoms with van der Waals surface area (Å²) in [7, 11) is 0. The van der Waals surface area contributed by atoms with Crippen molar-refractivity contribution in [1.29, 1.82) is 0 Å². The van der Waals surface area contributed by atoms with E-state index in [2.05, 4.69) is 24.1 Å². The van der Waals surface area contributed by atoms with Crippen LogP contribution in [0.4, 0.5) is 8.78 Å². The van der Waals surface area contributed by atoms with Crippen LogP contribution in [0.1, 0.15) is 101 Å². The molecule has 1 aliphatic heterocycles. The van der Waals surface area contributed by atoms with Gasteiger partial charge in [-0.3, -0.25) is 9.78 Å². The lowest BCUT2D eigenvalue weighted by molar-refractivity contribution is -0.144. The van der Waals surface area contributed by atoms with Crippen molar-refractivity contribution in [2.45, 2.75) is 103 Å². The Hall–Kier alpha value is -1.78. The van der Waals surface area contributed by atoms with Crippen LogP contribution in [0.25, 0.3) is 0 Å². The fourth-order valence-electron chi connectivity index (χ4n) is 8.05. The van der Waals surface area contributed by atoms with E-state index in [9.17, 15) is 13.6 Å². The molecule has 0 radical (unpaired) electrons. The van der Waals surface area contributed by atoms with Crippen molar-refractivity contribution in [2.24, 2.45) is 29.1 Å². The minimum absolute atomic E-state index is 0.0529. The molecule has 1 amide bonds. The molecule has 0 spiro atoms. The summed E-state index contributed by atoms with van der Waals surface area (Å²) in [5.41, 5.74) is 1.40. The quantitative estimate of drug-likeness (QED) is 0.393. The van der Waals surface area contributed by atoms with E-state index < -0.39 is 5.92 Å². The van der Waals surface area contributed by atoms with Crippen molar-refractivity contribution in [1.82, 2.24) is 9.88 Å². The van der Waals surface area contributed by atoms with Gasteiger partial charge in [0.05, 0.1) is 5.41 Å². The van der Waals surface area contributed by atoms with E-state index in [0.29, 0.717) is 37.3 Å². The number of carbonyl (C=O) groups is 1. The lowest BCUT2D eigenvalue weighted by Crippen LogP contribution is -2.46. The number of nitrogens with zero attached hydrogens (tertiary/aromatic N) is 2. The number of alkyl halides is 2. The van der Waals surface area contributed by atoms with Crippen LogP contribution in [0.3, 0.4) is 0 Å². The fraction of sp³-hybridized carbons (Fsp3) is 0.733. The Morgan fingerprint density at radius 2 is 2.11 bits per heavy atom. The third-order valence-electron chi connectivity index (χ3n) is 9.76. The van der Waals surface area contributed by atoms with Crippen molar-refractivity contribution < 1.29 is 13.6 Å². The molecule has 4 aliphatic rings. The number of hydrogen-bond acceptors (Lipinski definition) is 2. The predicted molar refractivity (Wildman–Crippen MR) is 135 cm³/mol. The summed E-state index contributed by atoms with van der Waals surface area (Å²) in [6, 6.07) is 1.58. The van der Waals surface area contributed by atoms with Gasteiger partial charge in [-0.25, -0.2) is 8.78 Å². The maximum Gasteiger partial charge on any atom is 0.272 e. The molecule has 192 valence electrons. The van der Waals surface area contributed by atoms with Gasteiger partial charge in [-0.1, -0.05) is 38.3 Å². The van der Waals surface area contributed by atoms with E-state index in [1.807, 2.05) is 4.90 Å². The number of hydrogen-bond donors (Lipinski definition) is 0. The summed E-state index contributed by atoms with van der Waals surface area (Å²) in [6.45, 7) is 4.30. The van der Waals surface area contributed by atoms with Crippen molar-refractivity contribution in [2.75, 3.05) is 6.54 Å². The van der Waals surface area contributed by atoms with Crippen LogP contribution in [-0.2, 0) is 23.7 Å². The smallest absolute Gasteiger partial charge is 0.272 e. The standard InChI is InChI=1S/C30H42F2N2O/c1-3-8-22-9-5-4-6-10-23(22)15-21-16-25-11-7-13-30(25,18-21)28(35)34-14-12-27-24(20-34)17-26(19-33-27)29(2,31)32/h4-5,17,19,21-23,25H,3,6-16,18,20H2,1-2H3/t21-,22-,23-,25-,30-/m1/s1. The number of fused-ring (bicyclic) bond motifs is 2. The third kappa shape index (κ3) is 4.93. The van der Waals surface area contributed by atoms with Crippen molar-refractivity contribution in [3.63, 3.8) is 0 Å². The molecule has 5 atom stereocenters. The molecule has 5 heteroatoms. The zero-order chi connectivity index (χ0) is 24.6. The second-order valence-electron chi connectivity index (χ2n) is 12.1. The highest BCUT2D eigenvalue weighted by Gasteiger charge is 2.56. The van der Waals surface area contributed by atoms with Crippen LogP contribution in [0.2, 0.25) is 0 Å². The maximum atomic E-state index is 14.1. The molecular weight excluding hydrogens is 442 g/mol. The number of aromatic nitrogens is 1. The number of allylic oxidation sites excluding steroid dienone is 2. The topological polar surface area (TPSA) is 33.2 Å². The Bertz CT molecular complexity index is 954. The van der Waals surface area contributed by atoms with E-state index in [1.54, 1.807) is 6.07 Å². The Morgan fingerprint density at radius 1 is 1.26 bits per heavy atom. The van der Waals surface area contributed by atoms with E-state index in [1.165, 1.54) is 57.6 Å². The minimum Gasteiger partial charge on any atom is -0.337 e. The first-order valence-electron chi connectivity index (χ1n) is 14.1. The summed E-state index contributed by atoms with van der Waals surface area (Å²) in [6.07, 6.45) is 19.9. The molecular formula is C30H42F2N2O. The second kappa shape index (κ2) is 9.94. The van der Waals surface area contributed by atoms with Crippen molar-refractivity contribution in [3.05, 3.63) is 41.2 Å². The highest BCUT2D eigenvalue weighted by Crippen LogP contribution is 2.59. The SMILES string of the molecule is CCC[C@@H]1CC=CCC[C@@H]1C[C@@H]1C[C@H]2CCC[C@@]2(C(=O)N2CCc3ncc(C(C)(F)F)cc3C2)C1. The number of halogens is 2. The molecule has 3 aliphatic carbocycles. The van der Waals surface area contributed by atoms with Crippen LogP contribution < -0.4 is 0 Å². The van der Waals surface area contributed by atoms with E-state index >= 15 is 0 Å². The number of rotatable bonds is 6. The van der Waals surface area contributed by atoms with Crippen LogP contribution in [-0.4, -0.2) is 22.3 Å². The molecule has 5 rings (SSSR count). The average molecular weight is 485 g/mol. The van der Waals surface area contributed by atoms with Gasteiger partial charge < -0.3 is 4.90 Å². The Labute approximate surface area is 209 Å². The Morgan fingerprint density at radius 3 is 2.91 bits per heavy atom. The maximum absolute atomic E-state index is 14.1. The summed E-state index contributed by atoms with van der Waals surface area (Å²) in [5.74, 6) is 0.112. The summed E-state index contributed by atoms with van der Waals surface area (Å²) in [5, 5.41) is 0. The summed E-state index contributed by atoms with van der Waals surface area (Å²) >= 11 is 0. The predicted octanol–water partition coefficient (Wildman–Crippen LogP) is 7.44. The molecule has 2 fully saturated rings. The molecule has 0 aromatic carbocycles. The van der Waals surface area contributed by atoms with Crippen molar-refractivity contribution >= 4 is 5.91 Å². The third-order valence-corrected chi connectivity index (χ3v) is 9.76. The molecule has 0 bridgehead atoms. The minimum atomic E-state index is -2.91. The van der Waals surface area contributed by atoms with Crippen LogP contribution in [0.5, 0.6) is 0 Å². The van der Waals surface area contributed by atoms with Crippen LogP contribution >= 0.6 is 0 Å². The zero-order valence-electron chi connectivity index (χ0n) is 21.6. The van der Waals surface area contributed by atoms with Crippen LogP contribution in [0, 0.1) is 29.1 Å². The highest BCUT2D eigenvalue weighted by molar-refractivity contribution is 5.84. The summed E-state index contributed by atoms with van der Waals surface area (Å²) < 4.78 is 27.8. The molecule has 0 N–H and O–H groups in total. The summed E-state index contributed by atoms with van der Waals surface area (Å²) in [4.78, 5) is 20.4. The van der Waals surface area contributed by atoms with Gasteiger partial charge in [0.15, 0.2) is 0 Å². The lowest BCUT2D eigenvalue weighted by Gasteiger charge is -2.37. The van der Waals surface area contributed by atoms with Crippen molar-refractivity contribution in [3.8, 4) is 0 Å². The van der Waals surface area contributed by atoms with Gasteiger partial charge >= 0.3 is 0 Å². The van der Waals surface area contributed by atoms with Gasteiger partial charge in [0.2, 0.25) is 5.91 Å². The zero-order valence-corrected chi connectivity index (χ0v) is 21.6. The molecule has 0 unspecified atom stereocenters. The molecule has 2 heterocycles. The molecule has 1 aromatic rings. The monoisotopic (exact) mass is 484 g/mol. The normalized spacial score (nSPS) is 32.9. The molecule has 3 nitrogen and oxygen atoms in total.